The molecule has 2 unspecified atom stereocenters. The normalized spacial score (nSPS) is 29.6. The molecule has 39 heavy (non-hydrogen) atoms. The molecule has 1 spiro atoms. The number of carbonyl (C=O) groups is 3. The largest absolute Gasteiger partial charge is 0.497 e. The molecule has 9 heteroatoms. The van der Waals surface area contributed by atoms with Gasteiger partial charge in [-0.25, -0.2) is 0 Å². The number of methoxy groups -OCH3 is 1. The summed E-state index contributed by atoms with van der Waals surface area (Å²) in [7, 11) is 1.58. The summed E-state index contributed by atoms with van der Waals surface area (Å²) in [4.78, 5) is 45.5. The summed E-state index contributed by atoms with van der Waals surface area (Å²) >= 11 is 1.60. The van der Waals surface area contributed by atoms with Crippen molar-refractivity contribution in [3.05, 3.63) is 49.6 Å². The number of nitrogens with zero attached hydrogens (tertiary/aromatic N) is 2. The lowest BCUT2D eigenvalue weighted by atomic mass is 9.66. The van der Waals surface area contributed by atoms with E-state index in [9.17, 15) is 19.5 Å². The molecule has 3 aliphatic rings. The second-order valence-electron chi connectivity index (χ2n) is 10.8. The van der Waals surface area contributed by atoms with Crippen LogP contribution < -0.4 is 9.64 Å². The second kappa shape index (κ2) is 11.8. The van der Waals surface area contributed by atoms with Gasteiger partial charge in [-0.05, 0) is 63.3 Å². The molecule has 4 rings (SSSR count). The predicted octanol–water partition coefficient (Wildman–Crippen LogP) is 3.98. The Morgan fingerprint density at radius 3 is 2.56 bits per heavy atom. The molecule has 3 fully saturated rings. The van der Waals surface area contributed by atoms with E-state index in [-0.39, 0.29) is 37.5 Å². The van der Waals surface area contributed by atoms with Crippen molar-refractivity contribution in [1.82, 2.24) is 4.90 Å². The molecule has 3 saturated heterocycles. The Hall–Kier alpha value is -2.78. The Morgan fingerprint density at radius 1 is 1.26 bits per heavy atom. The highest BCUT2D eigenvalue weighted by Gasteiger charge is 2.78. The number of aliphatic hydroxyl groups is 1. The van der Waals surface area contributed by atoms with Crippen LogP contribution in [-0.2, 0) is 19.1 Å². The zero-order chi connectivity index (χ0) is 28.4. The molecule has 1 aromatic rings. The lowest BCUT2D eigenvalue weighted by molar-refractivity contribution is -0.156. The predicted molar refractivity (Wildman–Crippen MR) is 153 cm³/mol. The first-order valence-corrected chi connectivity index (χ1v) is 14.5. The zero-order valence-electron chi connectivity index (χ0n) is 23.1. The lowest BCUT2D eigenvalue weighted by Gasteiger charge is -2.39. The number of thioether (sulfide) groups is 1. The van der Waals surface area contributed by atoms with Crippen LogP contribution in [0.25, 0.3) is 0 Å². The van der Waals surface area contributed by atoms with Crippen LogP contribution in [0.1, 0.15) is 46.0 Å². The maximum absolute atomic E-state index is 14.6. The van der Waals surface area contributed by atoms with Gasteiger partial charge in [0.05, 0.1) is 42.9 Å². The van der Waals surface area contributed by atoms with E-state index < -0.39 is 33.4 Å². The fourth-order valence-corrected chi connectivity index (χ4v) is 8.99. The lowest BCUT2D eigenvalue weighted by Crippen LogP contribution is -2.57. The molecule has 212 valence electrons. The van der Waals surface area contributed by atoms with E-state index in [4.69, 9.17) is 9.47 Å². The summed E-state index contributed by atoms with van der Waals surface area (Å²) in [6.45, 7) is 11.7. The zero-order valence-corrected chi connectivity index (χ0v) is 24.0. The number of carbonyl (C=O) groups excluding carboxylic acids is 3. The highest BCUT2D eigenvalue weighted by Crippen LogP contribution is 2.71. The van der Waals surface area contributed by atoms with Crippen LogP contribution in [0.5, 0.6) is 5.75 Å². The van der Waals surface area contributed by atoms with E-state index in [2.05, 4.69) is 13.2 Å². The van der Waals surface area contributed by atoms with Crippen molar-refractivity contribution in [2.24, 2.45) is 11.8 Å². The maximum Gasteiger partial charge on any atom is 0.311 e. The average Bonchev–Trinajstić information content (AvgIpc) is 3.51. The standard InChI is InChI=1S/C30H40N2O6S/c1-6-9-10-18-38-28(36)24-23-26(34)32(20(8-3)19-33)25(30(23)16-15-29(24,4)39-30)27(35)31(17-7-2)21-11-13-22(37-5)14-12-21/h6-7,11-14,20,23-25,33H,1-2,8-10,15-19H2,3-5H3/t20-,23-,24-,25?,29+,30?/m0/s1. The minimum atomic E-state index is -0.834. The van der Waals surface area contributed by atoms with Gasteiger partial charge < -0.3 is 24.4 Å². The number of benzene rings is 1. The molecule has 1 N–H and O–H groups in total. The van der Waals surface area contributed by atoms with Gasteiger partial charge in [0, 0.05) is 17.0 Å². The van der Waals surface area contributed by atoms with Crippen LogP contribution in [0, 0.1) is 11.8 Å². The van der Waals surface area contributed by atoms with Crippen LogP contribution in [0.4, 0.5) is 5.69 Å². The SMILES string of the molecule is C=CCCCOC(=O)[C@@H]1[C@H]2C(=O)N([C@@H](CC)CO)C(C(=O)N(CC=C)c3ccc(OC)cc3)C23CC[C@@]1(C)S3. The van der Waals surface area contributed by atoms with E-state index >= 15 is 0 Å². The van der Waals surface area contributed by atoms with Crippen LogP contribution in [0.2, 0.25) is 0 Å². The van der Waals surface area contributed by atoms with Crippen molar-refractivity contribution < 1.29 is 29.0 Å². The van der Waals surface area contributed by atoms with Crippen molar-refractivity contribution in [3.8, 4) is 5.75 Å². The molecule has 3 aliphatic heterocycles. The third-order valence-electron chi connectivity index (χ3n) is 8.54. The van der Waals surface area contributed by atoms with Gasteiger partial charge in [0.15, 0.2) is 0 Å². The van der Waals surface area contributed by atoms with Gasteiger partial charge >= 0.3 is 5.97 Å². The van der Waals surface area contributed by atoms with Gasteiger partial charge in [-0.15, -0.1) is 24.9 Å². The van der Waals surface area contributed by atoms with E-state index in [1.54, 1.807) is 53.0 Å². The number of aliphatic hydroxyl groups excluding tert-OH is 1. The Kier molecular flexibility index (Phi) is 8.81. The number of unbranched alkanes of at least 4 members (excludes halogenated alkanes) is 1. The third kappa shape index (κ3) is 4.88. The monoisotopic (exact) mass is 556 g/mol. The molecule has 2 amide bonds. The van der Waals surface area contributed by atoms with Gasteiger partial charge in [0.2, 0.25) is 5.91 Å². The number of hydrogen-bond acceptors (Lipinski definition) is 7. The van der Waals surface area contributed by atoms with Gasteiger partial charge in [0.1, 0.15) is 11.8 Å². The number of rotatable bonds is 13. The summed E-state index contributed by atoms with van der Waals surface area (Å²) in [6.07, 6.45) is 6.66. The second-order valence-corrected chi connectivity index (χ2v) is 12.6. The molecule has 6 atom stereocenters. The number of allylic oxidation sites excluding steroid dienone is 1. The summed E-state index contributed by atoms with van der Waals surface area (Å²) in [6, 6.07) is 5.82. The number of amides is 2. The van der Waals surface area contributed by atoms with Crippen molar-refractivity contribution >= 4 is 35.2 Å². The fourth-order valence-electron chi connectivity index (χ4n) is 6.66. The number of anilines is 1. The summed E-state index contributed by atoms with van der Waals surface area (Å²) < 4.78 is 9.67. The molecule has 1 aromatic carbocycles. The number of hydrogen-bond donors (Lipinski definition) is 1. The van der Waals surface area contributed by atoms with E-state index in [1.165, 1.54) is 0 Å². The number of fused-ring (bicyclic) bond motifs is 1. The van der Waals surface area contributed by atoms with Crippen LogP contribution in [-0.4, -0.2) is 76.2 Å². The Labute approximate surface area is 235 Å². The Bertz CT molecular complexity index is 1110. The number of likely N-dealkylation sites (tertiary alicyclic amines) is 1. The van der Waals surface area contributed by atoms with Gasteiger partial charge in [-0.3, -0.25) is 14.4 Å². The van der Waals surface area contributed by atoms with Crippen molar-refractivity contribution in [2.45, 2.75) is 67.5 Å². The van der Waals surface area contributed by atoms with Gasteiger partial charge in [-0.1, -0.05) is 19.1 Å². The van der Waals surface area contributed by atoms with Crippen LogP contribution in [0.3, 0.4) is 0 Å². The van der Waals surface area contributed by atoms with Crippen molar-refractivity contribution in [2.75, 3.05) is 31.8 Å². The molecule has 0 saturated carbocycles. The van der Waals surface area contributed by atoms with Gasteiger partial charge in [0.25, 0.3) is 5.91 Å². The van der Waals surface area contributed by atoms with E-state index in [1.807, 2.05) is 26.0 Å². The third-order valence-corrected chi connectivity index (χ3v) is 10.5. The summed E-state index contributed by atoms with van der Waals surface area (Å²) in [5, 5.41) is 10.3. The highest BCUT2D eigenvalue weighted by molar-refractivity contribution is 8.02. The molecule has 8 nitrogen and oxygen atoms in total. The minimum Gasteiger partial charge on any atom is -0.497 e. The molecule has 2 bridgehead atoms. The van der Waals surface area contributed by atoms with Gasteiger partial charge in [-0.2, -0.15) is 0 Å². The summed E-state index contributed by atoms with van der Waals surface area (Å²) in [5.41, 5.74) is 0.659. The van der Waals surface area contributed by atoms with Crippen molar-refractivity contribution in [3.63, 3.8) is 0 Å². The first-order valence-electron chi connectivity index (χ1n) is 13.7. The molecule has 0 aliphatic carbocycles. The maximum atomic E-state index is 14.6. The van der Waals surface area contributed by atoms with Crippen molar-refractivity contribution in [1.29, 1.82) is 0 Å². The molecular weight excluding hydrogens is 516 g/mol. The first kappa shape index (κ1) is 29.2. The van der Waals surface area contributed by atoms with Crippen LogP contribution in [0.15, 0.2) is 49.6 Å². The number of esters is 1. The fraction of sp³-hybridized carbons (Fsp3) is 0.567. The van der Waals surface area contributed by atoms with E-state index in [0.29, 0.717) is 37.1 Å². The molecule has 3 heterocycles. The minimum absolute atomic E-state index is 0.237. The topological polar surface area (TPSA) is 96.4 Å². The number of ether oxygens (including phenoxy) is 2. The average molecular weight is 557 g/mol. The highest BCUT2D eigenvalue weighted by atomic mass is 32.2. The Balaban J connectivity index is 1.76. The smallest absolute Gasteiger partial charge is 0.311 e. The quantitative estimate of drug-likeness (QED) is 0.223. The molecule has 0 radical (unpaired) electrons. The Morgan fingerprint density at radius 2 is 1.97 bits per heavy atom. The molecule has 0 aromatic heterocycles. The summed E-state index contributed by atoms with van der Waals surface area (Å²) in [5.74, 6) is -1.54. The first-order chi connectivity index (χ1) is 18.7. The van der Waals surface area contributed by atoms with Crippen LogP contribution >= 0.6 is 11.8 Å². The van der Waals surface area contributed by atoms with E-state index in [0.717, 1.165) is 6.42 Å². The molecular formula is C30H40N2O6S.